The Morgan fingerprint density at radius 3 is 2.79 bits per heavy atom. The molecule has 4 nitrogen and oxygen atoms in total. The summed E-state index contributed by atoms with van der Waals surface area (Å²) >= 11 is 0. The molecule has 0 bridgehead atoms. The van der Waals surface area contributed by atoms with Crippen LogP contribution in [0, 0.1) is 12.7 Å². The van der Waals surface area contributed by atoms with E-state index in [1.54, 1.807) is 19.1 Å². The van der Waals surface area contributed by atoms with Gasteiger partial charge in [0.25, 0.3) is 0 Å². The largest absolute Gasteiger partial charge is 0.491 e. The number of aryl methyl sites for hydroxylation is 1. The van der Waals surface area contributed by atoms with Gasteiger partial charge in [0.1, 0.15) is 24.2 Å². The zero-order valence-electron chi connectivity index (χ0n) is 11.5. The predicted molar refractivity (Wildman–Crippen MR) is 70.7 cm³/mol. The highest BCUT2D eigenvalue weighted by molar-refractivity contribution is 5.75. The van der Waals surface area contributed by atoms with Gasteiger partial charge in [-0.25, -0.2) is 4.39 Å². The predicted octanol–water partition coefficient (Wildman–Crippen LogP) is 2.05. The normalized spacial score (nSPS) is 12.0. The number of methoxy groups -OCH3 is 1. The summed E-state index contributed by atoms with van der Waals surface area (Å²) in [6, 6.07) is 4.07. The van der Waals surface area contributed by atoms with Crippen LogP contribution in [0.25, 0.3) is 0 Å². The fourth-order valence-corrected chi connectivity index (χ4v) is 1.51. The lowest BCUT2D eigenvalue weighted by Gasteiger charge is -2.17. The average Bonchev–Trinajstić information content (AvgIpc) is 2.42. The van der Waals surface area contributed by atoms with Gasteiger partial charge < -0.3 is 14.8 Å². The second-order valence-electron chi connectivity index (χ2n) is 4.25. The Hall–Kier alpha value is -1.62. The molecule has 5 heteroatoms. The maximum Gasteiger partial charge on any atom is 0.326 e. The first-order chi connectivity index (χ1) is 9.08. The molecule has 0 saturated carbocycles. The molecule has 0 fully saturated rings. The van der Waals surface area contributed by atoms with E-state index in [0.29, 0.717) is 17.9 Å². The average molecular weight is 269 g/mol. The van der Waals surface area contributed by atoms with Gasteiger partial charge in [-0.15, -0.1) is 0 Å². The lowest BCUT2D eigenvalue weighted by Crippen LogP contribution is -2.42. The van der Waals surface area contributed by atoms with Crippen molar-refractivity contribution in [3.05, 3.63) is 29.6 Å². The highest BCUT2D eigenvalue weighted by Crippen LogP contribution is 2.16. The fraction of sp³-hybridized carbons (Fsp3) is 0.500. The Kier molecular flexibility index (Phi) is 6.29. The Morgan fingerprint density at radius 2 is 2.21 bits per heavy atom. The minimum absolute atomic E-state index is 0.106. The highest BCUT2D eigenvalue weighted by atomic mass is 19.1. The summed E-state index contributed by atoms with van der Waals surface area (Å²) in [6.07, 6.45) is 0.895. The zero-order valence-corrected chi connectivity index (χ0v) is 11.5. The van der Waals surface area contributed by atoms with Crippen LogP contribution < -0.4 is 10.1 Å². The molecule has 106 valence electrons. The van der Waals surface area contributed by atoms with Crippen molar-refractivity contribution in [2.24, 2.45) is 0 Å². The van der Waals surface area contributed by atoms with Crippen LogP contribution in [0.2, 0.25) is 0 Å². The lowest BCUT2D eigenvalue weighted by atomic mass is 10.2. The van der Waals surface area contributed by atoms with E-state index in [4.69, 9.17) is 4.74 Å². The van der Waals surface area contributed by atoms with Gasteiger partial charge in [-0.2, -0.15) is 0 Å². The van der Waals surface area contributed by atoms with Gasteiger partial charge in [-0.05, 0) is 31.5 Å². The van der Waals surface area contributed by atoms with Crippen molar-refractivity contribution >= 4 is 5.97 Å². The van der Waals surface area contributed by atoms with Crippen LogP contribution in [0.15, 0.2) is 18.2 Å². The topological polar surface area (TPSA) is 47.6 Å². The Balaban J connectivity index is 2.59. The molecule has 0 heterocycles. The Bertz CT molecular complexity index is 423. The van der Waals surface area contributed by atoms with E-state index in [1.165, 1.54) is 13.2 Å². The summed E-state index contributed by atoms with van der Waals surface area (Å²) in [5.41, 5.74) is 0.556. The van der Waals surface area contributed by atoms with Crippen molar-refractivity contribution in [2.45, 2.75) is 26.3 Å². The third-order valence-corrected chi connectivity index (χ3v) is 2.69. The van der Waals surface area contributed by atoms with Crippen molar-refractivity contribution in [3.8, 4) is 5.75 Å². The van der Waals surface area contributed by atoms with Crippen molar-refractivity contribution in [1.82, 2.24) is 5.32 Å². The summed E-state index contributed by atoms with van der Waals surface area (Å²) < 4.78 is 23.4. The number of carbonyl (C=O) groups is 1. The monoisotopic (exact) mass is 269 g/mol. The molecule has 0 aromatic heterocycles. The van der Waals surface area contributed by atoms with Crippen molar-refractivity contribution in [1.29, 1.82) is 0 Å². The molecule has 1 rings (SSSR count). The molecule has 0 aliphatic rings. The minimum atomic E-state index is -0.547. The number of esters is 1. The molecule has 0 amide bonds. The SMILES string of the molecule is CCCNC(COc1ccc(C)c(F)c1)C(=O)OC. The summed E-state index contributed by atoms with van der Waals surface area (Å²) in [5.74, 6) is -0.315. The Labute approximate surface area is 112 Å². The van der Waals surface area contributed by atoms with Crippen LogP contribution in [0.5, 0.6) is 5.75 Å². The number of halogens is 1. The first-order valence-corrected chi connectivity index (χ1v) is 6.28. The fourth-order valence-electron chi connectivity index (χ4n) is 1.51. The first-order valence-electron chi connectivity index (χ1n) is 6.28. The van der Waals surface area contributed by atoms with E-state index in [0.717, 1.165) is 6.42 Å². The van der Waals surface area contributed by atoms with Gasteiger partial charge >= 0.3 is 5.97 Å². The van der Waals surface area contributed by atoms with Gasteiger partial charge in [-0.1, -0.05) is 13.0 Å². The van der Waals surface area contributed by atoms with E-state index >= 15 is 0 Å². The van der Waals surface area contributed by atoms with E-state index in [9.17, 15) is 9.18 Å². The summed E-state index contributed by atoms with van der Waals surface area (Å²) in [4.78, 5) is 11.5. The van der Waals surface area contributed by atoms with E-state index in [-0.39, 0.29) is 18.4 Å². The number of hydrogen-bond donors (Lipinski definition) is 1. The number of rotatable bonds is 7. The Morgan fingerprint density at radius 1 is 1.47 bits per heavy atom. The lowest BCUT2D eigenvalue weighted by molar-refractivity contribution is -0.143. The molecule has 0 aliphatic heterocycles. The molecule has 1 unspecified atom stereocenters. The molecule has 0 spiro atoms. The van der Waals surface area contributed by atoms with Gasteiger partial charge in [0.2, 0.25) is 0 Å². The van der Waals surface area contributed by atoms with Crippen molar-refractivity contribution in [2.75, 3.05) is 20.3 Å². The second-order valence-corrected chi connectivity index (χ2v) is 4.25. The third-order valence-electron chi connectivity index (χ3n) is 2.69. The van der Waals surface area contributed by atoms with Crippen LogP contribution in [-0.4, -0.2) is 32.3 Å². The van der Waals surface area contributed by atoms with Crippen LogP contribution in [-0.2, 0) is 9.53 Å². The summed E-state index contributed by atoms with van der Waals surface area (Å²) in [5, 5.41) is 3.02. The molecule has 1 aromatic carbocycles. The number of benzene rings is 1. The van der Waals surface area contributed by atoms with Crippen LogP contribution in [0.3, 0.4) is 0 Å². The van der Waals surface area contributed by atoms with E-state index in [2.05, 4.69) is 10.1 Å². The van der Waals surface area contributed by atoms with Gasteiger partial charge in [0, 0.05) is 6.07 Å². The number of hydrogen-bond acceptors (Lipinski definition) is 4. The molecule has 1 aromatic rings. The van der Waals surface area contributed by atoms with Crippen LogP contribution in [0.1, 0.15) is 18.9 Å². The van der Waals surface area contributed by atoms with Gasteiger partial charge in [0.05, 0.1) is 7.11 Å². The standard InChI is InChI=1S/C14H20FNO3/c1-4-7-16-13(14(17)18-3)9-19-11-6-5-10(2)12(15)8-11/h5-6,8,13,16H,4,7,9H2,1-3H3. The molecule has 0 saturated heterocycles. The second kappa shape index (κ2) is 7.74. The summed E-state index contributed by atoms with van der Waals surface area (Å²) in [6.45, 7) is 4.47. The molecule has 0 radical (unpaired) electrons. The smallest absolute Gasteiger partial charge is 0.326 e. The van der Waals surface area contributed by atoms with Crippen molar-refractivity contribution < 1.29 is 18.7 Å². The number of nitrogens with one attached hydrogen (secondary N) is 1. The molecule has 19 heavy (non-hydrogen) atoms. The highest BCUT2D eigenvalue weighted by Gasteiger charge is 2.19. The molecular weight excluding hydrogens is 249 g/mol. The number of carbonyl (C=O) groups excluding carboxylic acids is 1. The van der Waals surface area contributed by atoms with Crippen LogP contribution in [0.4, 0.5) is 4.39 Å². The van der Waals surface area contributed by atoms with Gasteiger partial charge in [0.15, 0.2) is 0 Å². The first kappa shape index (κ1) is 15.4. The third kappa shape index (κ3) is 4.87. The number of ether oxygens (including phenoxy) is 2. The van der Waals surface area contributed by atoms with Crippen molar-refractivity contribution in [3.63, 3.8) is 0 Å². The summed E-state index contributed by atoms with van der Waals surface area (Å²) in [7, 11) is 1.33. The van der Waals surface area contributed by atoms with Gasteiger partial charge in [-0.3, -0.25) is 4.79 Å². The quantitative estimate of drug-likeness (QED) is 0.770. The van der Waals surface area contributed by atoms with E-state index in [1.807, 2.05) is 6.92 Å². The minimum Gasteiger partial charge on any atom is -0.491 e. The molecule has 1 atom stereocenters. The van der Waals surface area contributed by atoms with Crippen LogP contribution >= 0.6 is 0 Å². The molecular formula is C14H20FNO3. The van der Waals surface area contributed by atoms with E-state index < -0.39 is 6.04 Å². The zero-order chi connectivity index (χ0) is 14.3. The maximum absolute atomic E-state index is 13.3. The maximum atomic E-state index is 13.3. The molecule has 0 aliphatic carbocycles. The molecule has 1 N–H and O–H groups in total.